The number of esters is 1. The van der Waals surface area contributed by atoms with Gasteiger partial charge in [-0.2, -0.15) is 23.4 Å². The molecule has 0 bridgehead atoms. The lowest BCUT2D eigenvalue weighted by Gasteiger charge is -2.27. The molecule has 1 N–H and O–H groups in total. The number of carbonyl (C=O) groups is 2. The average Bonchev–Trinajstić information content (AvgIpc) is 3.22. The Balaban J connectivity index is 1.88. The van der Waals surface area contributed by atoms with Gasteiger partial charge >= 0.3 is 12.1 Å². The van der Waals surface area contributed by atoms with Crippen molar-refractivity contribution in [2.45, 2.75) is 46.0 Å². The number of amides is 1. The number of nitrogens with zero attached hydrogens (tertiary/aromatic N) is 4. The van der Waals surface area contributed by atoms with Crippen molar-refractivity contribution in [3.8, 4) is 0 Å². The van der Waals surface area contributed by atoms with Crippen LogP contribution in [-0.4, -0.2) is 56.1 Å². The number of aromatic nitrogens is 4. The smallest absolute Gasteiger partial charge is 0.390 e. The van der Waals surface area contributed by atoms with Crippen LogP contribution in [0.1, 0.15) is 51.3 Å². The molecule has 28 heavy (non-hydrogen) atoms. The molecule has 152 valence electrons. The molecule has 0 atom stereocenters. The minimum atomic E-state index is -4.34. The summed E-state index contributed by atoms with van der Waals surface area (Å²) in [6, 6.07) is 1.61. The Morgan fingerprint density at radius 2 is 2.11 bits per heavy atom. The average molecular weight is 399 g/mol. The third-order valence-electron chi connectivity index (χ3n) is 4.42. The van der Waals surface area contributed by atoms with Gasteiger partial charge in [-0.3, -0.25) is 14.6 Å². The summed E-state index contributed by atoms with van der Waals surface area (Å²) in [5.74, 6) is -1.04. The number of aryl methyl sites for hydroxylation is 2. The highest BCUT2D eigenvalue weighted by Crippen LogP contribution is 2.27. The number of rotatable bonds is 5. The van der Waals surface area contributed by atoms with E-state index in [1.54, 1.807) is 19.9 Å². The molecule has 3 heterocycles. The molecule has 0 radical (unpaired) electrons. The Morgan fingerprint density at radius 3 is 2.71 bits per heavy atom. The van der Waals surface area contributed by atoms with E-state index in [-0.39, 0.29) is 43.4 Å². The van der Waals surface area contributed by atoms with Crippen molar-refractivity contribution >= 4 is 11.9 Å². The fourth-order valence-electron chi connectivity index (χ4n) is 3.13. The van der Waals surface area contributed by atoms with Gasteiger partial charge in [0.2, 0.25) is 0 Å². The third kappa shape index (κ3) is 4.18. The highest BCUT2D eigenvalue weighted by atomic mass is 19.4. The summed E-state index contributed by atoms with van der Waals surface area (Å²) in [7, 11) is 0. The van der Waals surface area contributed by atoms with E-state index in [0.29, 0.717) is 11.3 Å². The fourth-order valence-corrected chi connectivity index (χ4v) is 3.13. The van der Waals surface area contributed by atoms with E-state index in [0.717, 1.165) is 5.69 Å². The second kappa shape index (κ2) is 7.64. The van der Waals surface area contributed by atoms with E-state index >= 15 is 0 Å². The number of hydrogen-bond donors (Lipinski definition) is 1. The van der Waals surface area contributed by atoms with Crippen LogP contribution in [0.3, 0.4) is 0 Å². The van der Waals surface area contributed by atoms with Gasteiger partial charge in [0, 0.05) is 36.5 Å². The van der Waals surface area contributed by atoms with Gasteiger partial charge in [-0.1, -0.05) is 0 Å². The number of fused-ring (bicyclic) bond motifs is 1. The van der Waals surface area contributed by atoms with Gasteiger partial charge in [0.1, 0.15) is 5.69 Å². The second-order valence-corrected chi connectivity index (χ2v) is 6.50. The summed E-state index contributed by atoms with van der Waals surface area (Å²) in [4.78, 5) is 26.4. The zero-order chi connectivity index (χ0) is 20.5. The molecule has 1 amide bonds. The largest absolute Gasteiger partial charge is 0.461 e. The molecule has 8 nitrogen and oxygen atoms in total. The minimum Gasteiger partial charge on any atom is -0.461 e. The summed E-state index contributed by atoms with van der Waals surface area (Å²) in [5, 5.41) is 10.7. The zero-order valence-electron chi connectivity index (χ0n) is 15.5. The molecule has 0 saturated heterocycles. The van der Waals surface area contributed by atoms with Crippen LogP contribution in [0.15, 0.2) is 6.07 Å². The van der Waals surface area contributed by atoms with Crippen molar-refractivity contribution in [1.82, 2.24) is 24.9 Å². The molecule has 2 aromatic rings. The van der Waals surface area contributed by atoms with Crippen LogP contribution < -0.4 is 0 Å². The highest BCUT2D eigenvalue weighted by molar-refractivity contribution is 5.93. The summed E-state index contributed by atoms with van der Waals surface area (Å²) < 4.78 is 44.0. The lowest BCUT2D eigenvalue weighted by atomic mass is 10.0. The van der Waals surface area contributed by atoms with Gasteiger partial charge in [0.25, 0.3) is 5.91 Å². The summed E-state index contributed by atoms with van der Waals surface area (Å²) in [5.41, 5.74) is 1.87. The SMILES string of the molecule is CCOC(=O)c1nn(CCC(F)(F)F)c2c1CN(C(=O)c1cc(C)[nH]n1)CC2. The maximum Gasteiger partial charge on any atom is 0.390 e. The Bertz CT molecular complexity index is 887. The van der Waals surface area contributed by atoms with Crippen LogP contribution in [0.5, 0.6) is 0 Å². The molecule has 0 saturated carbocycles. The molecule has 0 aliphatic carbocycles. The predicted molar refractivity (Wildman–Crippen MR) is 90.6 cm³/mol. The van der Waals surface area contributed by atoms with Gasteiger partial charge in [-0.05, 0) is 19.9 Å². The number of alkyl halides is 3. The van der Waals surface area contributed by atoms with Crippen LogP contribution >= 0.6 is 0 Å². The van der Waals surface area contributed by atoms with E-state index in [4.69, 9.17) is 4.74 Å². The zero-order valence-corrected chi connectivity index (χ0v) is 15.5. The molecule has 0 aromatic carbocycles. The molecule has 1 aliphatic rings. The van der Waals surface area contributed by atoms with Crippen molar-refractivity contribution in [3.05, 3.63) is 34.4 Å². The first kappa shape index (κ1) is 19.9. The first-order chi connectivity index (χ1) is 13.2. The maximum atomic E-state index is 12.6. The summed E-state index contributed by atoms with van der Waals surface area (Å²) >= 11 is 0. The van der Waals surface area contributed by atoms with Gasteiger partial charge in [-0.25, -0.2) is 4.79 Å². The molecule has 0 spiro atoms. The Kier molecular flexibility index (Phi) is 5.43. The standard InChI is InChI=1S/C17H20F3N5O3/c1-3-28-16(27)14-11-9-24(15(26)12-8-10(2)21-22-12)6-4-13(11)25(23-14)7-5-17(18,19)20/h8H,3-7,9H2,1-2H3,(H,21,22). The lowest BCUT2D eigenvalue weighted by molar-refractivity contribution is -0.137. The van der Waals surface area contributed by atoms with Gasteiger partial charge in [-0.15, -0.1) is 0 Å². The van der Waals surface area contributed by atoms with E-state index in [9.17, 15) is 22.8 Å². The van der Waals surface area contributed by atoms with Crippen LogP contribution in [-0.2, 0) is 24.2 Å². The molecular weight excluding hydrogens is 379 g/mol. The number of ether oxygens (including phenoxy) is 1. The number of hydrogen-bond acceptors (Lipinski definition) is 5. The van der Waals surface area contributed by atoms with Gasteiger partial charge in [0.05, 0.1) is 19.6 Å². The Morgan fingerprint density at radius 1 is 1.36 bits per heavy atom. The molecule has 11 heteroatoms. The van der Waals surface area contributed by atoms with Crippen molar-refractivity contribution in [3.63, 3.8) is 0 Å². The normalized spacial score (nSPS) is 14.1. The molecular formula is C17H20F3N5O3. The minimum absolute atomic E-state index is 0.0465. The van der Waals surface area contributed by atoms with Gasteiger partial charge < -0.3 is 9.64 Å². The fraction of sp³-hybridized carbons (Fsp3) is 0.529. The molecule has 1 aliphatic heterocycles. The van der Waals surface area contributed by atoms with Crippen molar-refractivity contribution < 1.29 is 27.5 Å². The second-order valence-electron chi connectivity index (χ2n) is 6.50. The lowest BCUT2D eigenvalue weighted by Crippen LogP contribution is -2.37. The molecule has 0 unspecified atom stereocenters. The number of halogens is 3. The predicted octanol–water partition coefficient (Wildman–Crippen LogP) is 2.24. The van der Waals surface area contributed by atoms with Crippen LogP contribution in [0.4, 0.5) is 13.2 Å². The summed E-state index contributed by atoms with van der Waals surface area (Å²) in [6.07, 6.45) is -5.11. The third-order valence-corrected chi connectivity index (χ3v) is 4.42. The number of aromatic amines is 1. The van der Waals surface area contributed by atoms with Crippen LogP contribution in [0.2, 0.25) is 0 Å². The van der Waals surface area contributed by atoms with Gasteiger partial charge in [0.15, 0.2) is 5.69 Å². The van der Waals surface area contributed by atoms with Crippen LogP contribution in [0, 0.1) is 6.92 Å². The van der Waals surface area contributed by atoms with E-state index in [1.165, 1.54) is 9.58 Å². The first-order valence-electron chi connectivity index (χ1n) is 8.83. The number of nitrogens with one attached hydrogen (secondary N) is 1. The van der Waals surface area contributed by atoms with Crippen molar-refractivity contribution in [2.75, 3.05) is 13.2 Å². The monoisotopic (exact) mass is 399 g/mol. The van der Waals surface area contributed by atoms with Crippen molar-refractivity contribution in [1.29, 1.82) is 0 Å². The maximum absolute atomic E-state index is 12.6. The van der Waals surface area contributed by atoms with E-state index < -0.39 is 25.1 Å². The van der Waals surface area contributed by atoms with Crippen LogP contribution in [0.25, 0.3) is 0 Å². The van der Waals surface area contributed by atoms with E-state index in [2.05, 4.69) is 15.3 Å². The topological polar surface area (TPSA) is 93.1 Å². The molecule has 2 aromatic heterocycles. The molecule has 3 rings (SSSR count). The van der Waals surface area contributed by atoms with Crippen molar-refractivity contribution in [2.24, 2.45) is 0 Å². The molecule has 0 fully saturated rings. The highest BCUT2D eigenvalue weighted by Gasteiger charge is 2.33. The number of carbonyl (C=O) groups excluding carboxylic acids is 2. The Labute approximate surface area is 158 Å². The first-order valence-corrected chi connectivity index (χ1v) is 8.83. The Hall–Kier alpha value is -2.85. The quantitative estimate of drug-likeness (QED) is 0.779. The number of H-pyrrole nitrogens is 1. The van der Waals surface area contributed by atoms with E-state index in [1.807, 2.05) is 0 Å². The summed E-state index contributed by atoms with van der Waals surface area (Å²) in [6.45, 7) is 3.45.